The molecule has 0 bridgehead atoms. The quantitative estimate of drug-likeness (QED) is 0.798. The zero-order valence-corrected chi connectivity index (χ0v) is 12.3. The summed E-state index contributed by atoms with van der Waals surface area (Å²) < 4.78 is 0. The molecule has 0 saturated heterocycles. The van der Waals surface area contributed by atoms with E-state index in [0.717, 1.165) is 18.0 Å². The average Bonchev–Trinajstić information content (AvgIpc) is 2.68. The third-order valence-electron chi connectivity index (χ3n) is 4.46. The van der Waals surface area contributed by atoms with Gasteiger partial charge in [0.2, 0.25) is 0 Å². The van der Waals surface area contributed by atoms with Crippen LogP contribution >= 0.6 is 0 Å². The molecule has 2 rings (SSSR count). The van der Waals surface area contributed by atoms with Crippen molar-refractivity contribution in [2.24, 2.45) is 5.92 Å². The van der Waals surface area contributed by atoms with Crippen LogP contribution in [0.2, 0.25) is 0 Å². The second-order valence-electron chi connectivity index (χ2n) is 6.05. The number of aryl methyl sites for hydroxylation is 1. The molecule has 2 heteroatoms. The number of hydrogen-bond donors (Lipinski definition) is 2. The second-order valence-corrected chi connectivity index (χ2v) is 6.05. The minimum absolute atomic E-state index is 0.408. The minimum atomic E-state index is 0.408. The molecule has 0 aromatic heterocycles. The largest absolute Gasteiger partial charge is 0.508 e. The number of phenolic OH excluding ortho intramolecular Hbond substituents is 1. The smallest absolute Gasteiger partial charge is 0.120 e. The summed E-state index contributed by atoms with van der Waals surface area (Å²) >= 11 is 0. The molecule has 0 amide bonds. The molecule has 1 atom stereocenters. The van der Waals surface area contributed by atoms with Gasteiger partial charge < -0.3 is 10.4 Å². The van der Waals surface area contributed by atoms with Crippen molar-refractivity contribution >= 4 is 0 Å². The zero-order valence-electron chi connectivity index (χ0n) is 12.3. The first-order valence-electron chi connectivity index (χ1n) is 7.68. The monoisotopic (exact) mass is 261 g/mol. The first-order valence-corrected chi connectivity index (χ1v) is 7.68. The van der Waals surface area contributed by atoms with Crippen molar-refractivity contribution in [1.29, 1.82) is 0 Å². The van der Waals surface area contributed by atoms with Crippen LogP contribution in [-0.2, 0) is 6.54 Å². The van der Waals surface area contributed by atoms with Gasteiger partial charge in [-0.3, -0.25) is 0 Å². The highest BCUT2D eigenvalue weighted by atomic mass is 16.3. The lowest BCUT2D eigenvalue weighted by Crippen LogP contribution is -2.33. The van der Waals surface area contributed by atoms with E-state index in [-0.39, 0.29) is 0 Å². The lowest BCUT2D eigenvalue weighted by molar-refractivity contribution is 0.334. The Bertz CT molecular complexity index is 394. The molecule has 0 spiro atoms. The summed E-state index contributed by atoms with van der Waals surface area (Å²) in [6, 6.07) is 6.36. The summed E-state index contributed by atoms with van der Waals surface area (Å²) in [5.41, 5.74) is 2.22. The van der Waals surface area contributed by atoms with Crippen LogP contribution in [0.4, 0.5) is 0 Å². The Kier molecular flexibility index (Phi) is 5.26. The summed E-state index contributed by atoms with van der Waals surface area (Å²) in [5.74, 6) is 1.21. The lowest BCUT2D eigenvalue weighted by Gasteiger charge is -2.24. The van der Waals surface area contributed by atoms with Crippen LogP contribution in [0.15, 0.2) is 18.2 Å². The number of hydrogen-bond acceptors (Lipinski definition) is 2. The highest BCUT2D eigenvalue weighted by Crippen LogP contribution is 2.26. The Morgan fingerprint density at radius 2 is 1.89 bits per heavy atom. The van der Waals surface area contributed by atoms with E-state index in [4.69, 9.17) is 0 Å². The van der Waals surface area contributed by atoms with Crippen LogP contribution < -0.4 is 5.32 Å². The molecule has 0 heterocycles. The first kappa shape index (κ1) is 14.4. The van der Waals surface area contributed by atoms with E-state index in [1.165, 1.54) is 44.1 Å². The standard InChI is InChI=1S/C17H27NO/c1-13-9-10-17(19)16(11-13)12-18-14(2)15-7-5-3-4-6-8-15/h9-11,14-15,18-19H,3-8,12H2,1-2H3/t14-/m0/s1. The zero-order chi connectivity index (χ0) is 13.7. The predicted molar refractivity (Wildman–Crippen MR) is 80.3 cm³/mol. The SMILES string of the molecule is Cc1ccc(O)c(CN[C@@H](C)C2CCCCCC2)c1. The fraction of sp³-hybridized carbons (Fsp3) is 0.647. The first-order chi connectivity index (χ1) is 9.16. The van der Waals surface area contributed by atoms with E-state index in [0.29, 0.717) is 11.8 Å². The van der Waals surface area contributed by atoms with Gasteiger partial charge in [0.25, 0.3) is 0 Å². The fourth-order valence-electron chi connectivity index (χ4n) is 3.10. The molecule has 2 N–H and O–H groups in total. The highest BCUT2D eigenvalue weighted by Gasteiger charge is 2.18. The maximum absolute atomic E-state index is 9.86. The van der Waals surface area contributed by atoms with Gasteiger partial charge in [-0.05, 0) is 38.7 Å². The van der Waals surface area contributed by atoms with Crippen LogP contribution in [0, 0.1) is 12.8 Å². The maximum atomic E-state index is 9.86. The Hall–Kier alpha value is -1.02. The third kappa shape index (κ3) is 4.24. The lowest BCUT2D eigenvalue weighted by atomic mass is 9.93. The number of aromatic hydroxyl groups is 1. The van der Waals surface area contributed by atoms with Gasteiger partial charge in [0, 0.05) is 18.2 Å². The van der Waals surface area contributed by atoms with E-state index in [1.807, 2.05) is 6.07 Å². The van der Waals surface area contributed by atoms with Crippen LogP contribution in [0.3, 0.4) is 0 Å². The van der Waals surface area contributed by atoms with Crippen LogP contribution in [-0.4, -0.2) is 11.1 Å². The van der Waals surface area contributed by atoms with Crippen LogP contribution in [0.25, 0.3) is 0 Å². The van der Waals surface area contributed by atoms with Gasteiger partial charge >= 0.3 is 0 Å². The molecule has 1 aromatic rings. The van der Waals surface area contributed by atoms with Gasteiger partial charge in [-0.1, -0.05) is 43.4 Å². The van der Waals surface area contributed by atoms with Crippen LogP contribution in [0.5, 0.6) is 5.75 Å². The predicted octanol–water partition coefficient (Wildman–Crippen LogP) is 4.15. The molecule has 106 valence electrons. The van der Waals surface area contributed by atoms with Crippen molar-refractivity contribution in [3.63, 3.8) is 0 Å². The Morgan fingerprint density at radius 1 is 1.21 bits per heavy atom. The summed E-state index contributed by atoms with van der Waals surface area (Å²) in [6.07, 6.45) is 8.28. The van der Waals surface area contributed by atoms with Crippen LogP contribution in [0.1, 0.15) is 56.6 Å². The Labute approximate surface area is 117 Å². The molecule has 0 aliphatic heterocycles. The molecule has 1 fully saturated rings. The molecule has 1 aliphatic carbocycles. The summed E-state index contributed by atoms with van der Waals surface area (Å²) in [4.78, 5) is 0. The molecule has 1 aliphatic rings. The normalized spacial score (nSPS) is 19.1. The molecular formula is C17H27NO. The van der Waals surface area contributed by atoms with Gasteiger partial charge in [0.15, 0.2) is 0 Å². The van der Waals surface area contributed by atoms with Gasteiger partial charge in [-0.2, -0.15) is 0 Å². The highest BCUT2D eigenvalue weighted by molar-refractivity contribution is 5.35. The fourth-order valence-corrected chi connectivity index (χ4v) is 3.10. The average molecular weight is 261 g/mol. The summed E-state index contributed by atoms with van der Waals surface area (Å²) in [6.45, 7) is 5.13. The molecule has 1 saturated carbocycles. The third-order valence-corrected chi connectivity index (χ3v) is 4.46. The summed E-state index contributed by atoms with van der Waals surface area (Å²) in [7, 11) is 0. The van der Waals surface area contributed by atoms with Gasteiger partial charge in [-0.15, -0.1) is 0 Å². The molecule has 19 heavy (non-hydrogen) atoms. The van der Waals surface area contributed by atoms with Crippen molar-refractivity contribution in [2.75, 3.05) is 0 Å². The Morgan fingerprint density at radius 3 is 2.58 bits per heavy atom. The van der Waals surface area contributed by atoms with Gasteiger partial charge in [0.1, 0.15) is 5.75 Å². The minimum Gasteiger partial charge on any atom is -0.508 e. The number of rotatable bonds is 4. The van der Waals surface area contributed by atoms with Gasteiger partial charge in [0.05, 0.1) is 0 Å². The second kappa shape index (κ2) is 6.95. The van der Waals surface area contributed by atoms with Crippen molar-refractivity contribution < 1.29 is 5.11 Å². The van der Waals surface area contributed by atoms with Gasteiger partial charge in [-0.25, -0.2) is 0 Å². The van der Waals surface area contributed by atoms with Crippen molar-refractivity contribution in [3.05, 3.63) is 29.3 Å². The van der Waals surface area contributed by atoms with E-state index in [1.54, 1.807) is 6.07 Å². The van der Waals surface area contributed by atoms with Crippen molar-refractivity contribution in [1.82, 2.24) is 5.32 Å². The molecule has 1 aromatic carbocycles. The number of phenols is 1. The van der Waals surface area contributed by atoms with E-state index >= 15 is 0 Å². The maximum Gasteiger partial charge on any atom is 0.120 e. The Balaban J connectivity index is 1.88. The van der Waals surface area contributed by atoms with Crippen molar-refractivity contribution in [3.8, 4) is 5.75 Å². The molecule has 0 radical (unpaired) electrons. The molecule has 2 nitrogen and oxygen atoms in total. The van der Waals surface area contributed by atoms with E-state index in [9.17, 15) is 5.11 Å². The topological polar surface area (TPSA) is 32.3 Å². The molecule has 0 unspecified atom stereocenters. The van der Waals surface area contributed by atoms with Crippen molar-refractivity contribution in [2.45, 2.75) is 65.0 Å². The van der Waals surface area contributed by atoms with E-state index in [2.05, 4.69) is 25.2 Å². The summed E-state index contributed by atoms with van der Waals surface area (Å²) in [5, 5.41) is 13.5. The number of benzene rings is 1. The number of nitrogens with one attached hydrogen (secondary N) is 1. The van der Waals surface area contributed by atoms with E-state index < -0.39 is 0 Å². The molecular weight excluding hydrogens is 234 g/mol.